The van der Waals surface area contributed by atoms with Crippen LogP contribution < -0.4 is 0 Å². The lowest BCUT2D eigenvalue weighted by atomic mass is 10.0. The highest BCUT2D eigenvalue weighted by molar-refractivity contribution is 5.77. The van der Waals surface area contributed by atoms with E-state index in [1.165, 1.54) is 18.2 Å². The van der Waals surface area contributed by atoms with E-state index in [0.717, 1.165) is 18.9 Å². The zero-order chi connectivity index (χ0) is 19.7. The Kier molecular flexibility index (Phi) is 8.61. The highest BCUT2D eigenvalue weighted by Crippen LogP contribution is 2.32. The van der Waals surface area contributed by atoms with Gasteiger partial charge in [-0.2, -0.15) is 13.2 Å². The quantitative estimate of drug-likeness (QED) is 0.577. The first-order valence-electron chi connectivity index (χ1n) is 8.65. The van der Waals surface area contributed by atoms with Gasteiger partial charge in [-0.25, -0.2) is 0 Å². The molecule has 0 amide bonds. The van der Waals surface area contributed by atoms with Crippen LogP contribution in [0.1, 0.15) is 57.6 Å². The lowest BCUT2D eigenvalue weighted by molar-refractivity contribution is -0.156. The van der Waals surface area contributed by atoms with E-state index in [9.17, 15) is 22.8 Å². The predicted molar refractivity (Wildman–Crippen MR) is 90.1 cm³/mol. The minimum absolute atomic E-state index is 0.126. The lowest BCUT2D eigenvalue weighted by Gasteiger charge is -2.20. The summed E-state index contributed by atoms with van der Waals surface area (Å²) in [7, 11) is 0. The van der Waals surface area contributed by atoms with Gasteiger partial charge in [0.2, 0.25) is 0 Å². The topological polar surface area (TPSA) is 52.6 Å². The third-order valence-corrected chi connectivity index (χ3v) is 3.84. The molecule has 0 spiro atoms. The molecule has 0 radical (unpaired) electrons. The lowest BCUT2D eigenvalue weighted by Crippen LogP contribution is -2.24. The Labute approximate surface area is 151 Å². The van der Waals surface area contributed by atoms with Gasteiger partial charge in [0.05, 0.1) is 18.4 Å². The Bertz CT molecular complexity index is 597. The van der Waals surface area contributed by atoms with Gasteiger partial charge < -0.3 is 9.47 Å². The van der Waals surface area contributed by atoms with E-state index < -0.39 is 30.3 Å². The Morgan fingerprint density at radius 2 is 1.69 bits per heavy atom. The Morgan fingerprint density at radius 3 is 2.27 bits per heavy atom. The summed E-state index contributed by atoms with van der Waals surface area (Å²) in [4.78, 5) is 23.5. The van der Waals surface area contributed by atoms with Crippen LogP contribution in [-0.4, -0.2) is 18.0 Å². The number of carbonyl (C=O) groups excluding carboxylic acids is 2. The Hall–Kier alpha value is -2.05. The van der Waals surface area contributed by atoms with Crippen molar-refractivity contribution in [2.24, 2.45) is 5.92 Å². The fourth-order valence-electron chi connectivity index (χ4n) is 2.40. The van der Waals surface area contributed by atoms with Crippen LogP contribution in [-0.2, 0) is 31.8 Å². The Morgan fingerprint density at radius 1 is 1.08 bits per heavy atom. The standard InChI is InChI=1S/C19H25F3O4/c1-4-7-16(13(2)3)26-18(24)11-10-17(23)25-12-14-8-5-6-9-15(14)19(20,21)22/h5-6,8-9,13,16H,4,7,10-12H2,1-3H3. The number of rotatable bonds is 9. The van der Waals surface area contributed by atoms with E-state index >= 15 is 0 Å². The summed E-state index contributed by atoms with van der Waals surface area (Å²) < 4.78 is 48.8. The molecular weight excluding hydrogens is 349 g/mol. The van der Waals surface area contributed by atoms with Gasteiger partial charge >= 0.3 is 18.1 Å². The number of carbonyl (C=O) groups is 2. The second-order valence-corrected chi connectivity index (χ2v) is 6.38. The van der Waals surface area contributed by atoms with E-state index in [2.05, 4.69) is 0 Å². The zero-order valence-electron chi connectivity index (χ0n) is 15.3. The summed E-state index contributed by atoms with van der Waals surface area (Å²) >= 11 is 0. The SMILES string of the molecule is CCCC(OC(=O)CCC(=O)OCc1ccccc1C(F)(F)F)C(C)C. The molecule has 7 heteroatoms. The third-order valence-electron chi connectivity index (χ3n) is 3.84. The van der Waals surface area contributed by atoms with E-state index in [1.807, 2.05) is 20.8 Å². The maximum absolute atomic E-state index is 12.9. The zero-order valence-corrected chi connectivity index (χ0v) is 15.3. The highest BCUT2D eigenvalue weighted by atomic mass is 19.4. The van der Waals surface area contributed by atoms with Crippen LogP contribution >= 0.6 is 0 Å². The van der Waals surface area contributed by atoms with Gasteiger partial charge in [-0.05, 0) is 18.4 Å². The van der Waals surface area contributed by atoms with Gasteiger partial charge in [0.15, 0.2) is 0 Å². The Balaban J connectivity index is 2.47. The van der Waals surface area contributed by atoms with E-state index in [4.69, 9.17) is 9.47 Å². The van der Waals surface area contributed by atoms with Crippen LogP contribution in [0.4, 0.5) is 13.2 Å². The number of benzene rings is 1. The first-order chi connectivity index (χ1) is 12.1. The second kappa shape index (κ2) is 10.2. The summed E-state index contributed by atoms with van der Waals surface area (Å²) in [6, 6.07) is 4.89. The smallest absolute Gasteiger partial charge is 0.416 e. The van der Waals surface area contributed by atoms with E-state index in [-0.39, 0.29) is 30.4 Å². The summed E-state index contributed by atoms with van der Waals surface area (Å²) in [5, 5.41) is 0. The number of hydrogen-bond acceptors (Lipinski definition) is 4. The van der Waals surface area contributed by atoms with Crippen molar-refractivity contribution in [2.45, 2.75) is 65.3 Å². The monoisotopic (exact) mass is 374 g/mol. The first-order valence-corrected chi connectivity index (χ1v) is 8.65. The molecule has 0 aromatic heterocycles. The van der Waals surface area contributed by atoms with Crippen molar-refractivity contribution >= 4 is 11.9 Å². The van der Waals surface area contributed by atoms with Crippen LogP contribution in [0.2, 0.25) is 0 Å². The summed E-state index contributed by atoms with van der Waals surface area (Å²) in [5.74, 6) is -1.08. The molecule has 0 N–H and O–H groups in total. The van der Waals surface area contributed by atoms with Crippen molar-refractivity contribution in [1.29, 1.82) is 0 Å². The van der Waals surface area contributed by atoms with Crippen molar-refractivity contribution in [2.75, 3.05) is 0 Å². The normalized spacial score (nSPS) is 12.7. The average molecular weight is 374 g/mol. The number of esters is 2. The molecule has 0 bridgehead atoms. The molecule has 0 aliphatic carbocycles. The number of alkyl halides is 3. The third kappa shape index (κ3) is 7.45. The fourth-order valence-corrected chi connectivity index (χ4v) is 2.40. The fraction of sp³-hybridized carbons (Fsp3) is 0.579. The molecule has 0 aliphatic rings. The minimum Gasteiger partial charge on any atom is -0.462 e. The van der Waals surface area contributed by atoms with Gasteiger partial charge in [-0.1, -0.05) is 45.4 Å². The van der Waals surface area contributed by atoms with E-state index in [1.54, 1.807) is 0 Å². The van der Waals surface area contributed by atoms with Crippen LogP contribution in [0.5, 0.6) is 0 Å². The molecule has 26 heavy (non-hydrogen) atoms. The molecule has 1 atom stereocenters. The molecule has 0 saturated carbocycles. The average Bonchev–Trinajstić information content (AvgIpc) is 2.57. The van der Waals surface area contributed by atoms with Gasteiger partial charge in [0.1, 0.15) is 12.7 Å². The summed E-state index contributed by atoms with van der Waals surface area (Å²) in [5.41, 5.74) is -0.967. The molecular formula is C19H25F3O4. The van der Waals surface area contributed by atoms with Crippen molar-refractivity contribution < 1.29 is 32.2 Å². The molecule has 0 aliphatic heterocycles. The van der Waals surface area contributed by atoms with Crippen LogP contribution in [0.15, 0.2) is 24.3 Å². The molecule has 0 saturated heterocycles. The predicted octanol–water partition coefficient (Wildman–Crippen LogP) is 4.90. The first kappa shape index (κ1) is 22.0. The van der Waals surface area contributed by atoms with Crippen LogP contribution in [0.3, 0.4) is 0 Å². The molecule has 146 valence electrons. The number of ether oxygens (including phenoxy) is 2. The number of halogens is 3. The maximum atomic E-state index is 12.9. The second-order valence-electron chi connectivity index (χ2n) is 6.38. The molecule has 1 unspecified atom stereocenters. The highest BCUT2D eigenvalue weighted by Gasteiger charge is 2.33. The summed E-state index contributed by atoms with van der Waals surface area (Å²) in [6.45, 7) is 5.38. The molecule has 0 heterocycles. The maximum Gasteiger partial charge on any atom is 0.416 e. The summed E-state index contributed by atoms with van der Waals surface area (Å²) in [6.07, 6.45) is -3.50. The molecule has 1 rings (SSSR count). The van der Waals surface area contributed by atoms with Crippen LogP contribution in [0, 0.1) is 5.92 Å². The van der Waals surface area contributed by atoms with Crippen molar-refractivity contribution in [3.8, 4) is 0 Å². The minimum atomic E-state index is -4.52. The molecule has 0 fully saturated rings. The largest absolute Gasteiger partial charge is 0.462 e. The van der Waals surface area contributed by atoms with Crippen molar-refractivity contribution in [3.63, 3.8) is 0 Å². The molecule has 4 nitrogen and oxygen atoms in total. The van der Waals surface area contributed by atoms with Gasteiger partial charge in [0, 0.05) is 5.56 Å². The van der Waals surface area contributed by atoms with Crippen molar-refractivity contribution in [3.05, 3.63) is 35.4 Å². The van der Waals surface area contributed by atoms with E-state index in [0.29, 0.717) is 0 Å². The van der Waals surface area contributed by atoms with Crippen molar-refractivity contribution in [1.82, 2.24) is 0 Å². The van der Waals surface area contributed by atoms with Gasteiger partial charge in [-0.3, -0.25) is 9.59 Å². The number of hydrogen-bond donors (Lipinski definition) is 0. The molecule has 1 aromatic carbocycles. The van der Waals surface area contributed by atoms with Gasteiger partial charge in [0.25, 0.3) is 0 Å². The van der Waals surface area contributed by atoms with Gasteiger partial charge in [-0.15, -0.1) is 0 Å². The molecule has 1 aromatic rings. The van der Waals surface area contributed by atoms with Crippen LogP contribution in [0.25, 0.3) is 0 Å².